The summed E-state index contributed by atoms with van der Waals surface area (Å²) in [5, 5.41) is 0. The van der Waals surface area contributed by atoms with E-state index in [9.17, 15) is 0 Å². The quantitative estimate of drug-likeness (QED) is 0.260. The van der Waals surface area contributed by atoms with E-state index >= 15 is 0 Å². The smallest absolute Gasteiger partial charge is 0 e. The summed E-state index contributed by atoms with van der Waals surface area (Å²) in [6.45, 7) is 0. The maximum Gasteiger partial charge on any atom is 0 e. The maximum absolute atomic E-state index is 0. The molecule has 0 N–H and O–H groups in total. The number of hydrogen-bond donors (Lipinski definition) is 0. The third-order valence-electron chi connectivity index (χ3n) is 0. The van der Waals surface area contributed by atoms with Crippen LogP contribution in [0.15, 0.2) is 0 Å². The van der Waals surface area contributed by atoms with Gasteiger partial charge in [-0.3, -0.25) is 0 Å². The van der Waals surface area contributed by atoms with E-state index in [-0.39, 0.29) is 233 Å². The molecule has 0 fully saturated rings. The Hall–Kier alpha value is 7.22. The van der Waals surface area contributed by atoms with Crippen molar-refractivity contribution in [1.82, 2.24) is 0 Å². The Kier molecular flexibility index (Phi) is 1350. The van der Waals surface area contributed by atoms with Crippen molar-refractivity contribution in [3.8, 4) is 0 Å². The zero-order valence-corrected chi connectivity index (χ0v) is 23.2. The summed E-state index contributed by atoms with van der Waals surface area (Å²) >= 11 is 0. The Morgan fingerprint density at radius 3 is 0.154 bits per heavy atom. The van der Waals surface area contributed by atoms with Crippen molar-refractivity contribution in [2.24, 2.45) is 0 Å². The van der Waals surface area contributed by atoms with Crippen molar-refractivity contribution in [1.29, 1.82) is 0 Å². The zero-order chi connectivity index (χ0) is 0. The molecule has 0 saturated heterocycles. The van der Waals surface area contributed by atoms with Crippen LogP contribution in [0.1, 0.15) is 0 Å². The van der Waals surface area contributed by atoms with Gasteiger partial charge in [-0.2, -0.15) is 0 Å². The van der Waals surface area contributed by atoms with E-state index in [0.717, 1.165) is 0 Å². The van der Waals surface area contributed by atoms with E-state index in [2.05, 4.69) is 0 Å². The average molecular weight is 851 g/mol. The topological polar surface area (TPSA) is 0 Å². The zero-order valence-electron chi connectivity index (χ0n) is 5.02. The molecule has 13 heteroatoms. The molecule has 0 aliphatic heterocycles. The predicted octanol–water partition coefficient (Wildman–Crippen LogP) is -1.55. The molecule has 0 bridgehead atoms. The monoisotopic (exact) mass is 842 g/mol. The van der Waals surface area contributed by atoms with Crippen LogP contribution in [0.5, 0.6) is 0 Å². The average Bonchev–Trinajstić information content (AvgIpc) is 0. The normalized spacial score (nSPS) is 0. The van der Waals surface area contributed by atoms with Crippen LogP contribution < -0.4 is 0 Å². The van der Waals surface area contributed by atoms with Crippen molar-refractivity contribution in [3.63, 3.8) is 0 Å². The third kappa shape index (κ3) is 109. The van der Waals surface area contributed by atoms with Gasteiger partial charge in [0.2, 0.25) is 0 Å². The van der Waals surface area contributed by atoms with Gasteiger partial charge in [-0.25, -0.2) is 0 Å². The van der Waals surface area contributed by atoms with Crippen LogP contribution in [-0.2, 0) is 154 Å². The molecule has 0 nitrogen and oxygen atoms in total. The molecule has 0 spiro atoms. The molecule has 0 unspecified atom stereocenters. The maximum atomic E-state index is 0. The van der Waals surface area contributed by atoms with Crippen LogP contribution in [0.4, 0.5) is 0 Å². The standard InChI is InChI=1S/9Cu.4Ga. The second-order valence-electron chi connectivity index (χ2n) is 0. The minimum Gasteiger partial charge on any atom is 0 e. The Balaban J connectivity index is 0. The van der Waals surface area contributed by atoms with Crippen LogP contribution in [0.2, 0.25) is 0 Å². The SMILES string of the molecule is [Cu].[Cu].[Cu].[Cu].[Cu].[Cu].[Cu].[Cu].[Cu].[Ga].[Ga].[Ga].[Ga]. The summed E-state index contributed by atoms with van der Waals surface area (Å²) in [5.74, 6) is 0. The van der Waals surface area contributed by atoms with Gasteiger partial charge in [0.05, 0.1) is 0 Å². The molecular formula is Cu9Ga4. The summed E-state index contributed by atoms with van der Waals surface area (Å²) in [6.07, 6.45) is 0. The van der Waals surface area contributed by atoms with Crippen LogP contribution >= 0.6 is 0 Å². The van der Waals surface area contributed by atoms with Gasteiger partial charge in [-0.1, -0.05) is 0 Å². The first-order valence-corrected chi connectivity index (χ1v) is 0. The van der Waals surface area contributed by atoms with E-state index in [1.165, 1.54) is 0 Å². The van der Waals surface area contributed by atoms with E-state index < -0.39 is 0 Å². The van der Waals surface area contributed by atoms with Crippen LogP contribution in [-0.4, -0.2) is 79.2 Å². The Bertz CT molecular complexity index is 11.6. The fourth-order valence-corrected chi connectivity index (χ4v) is 0. The summed E-state index contributed by atoms with van der Waals surface area (Å²) < 4.78 is 0. The second kappa shape index (κ2) is 122. The summed E-state index contributed by atoms with van der Waals surface area (Å²) in [5.41, 5.74) is 0. The first-order valence-electron chi connectivity index (χ1n) is 0. The first-order chi connectivity index (χ1) is 0. The molecule has 21 radical (unpaired) electrons. The molecule has 0 aliphatic rings. The van der Waals surface area contributed by atoms with Gasteiger partial charge < -0.3 is 0 Å². The van der Waals surface area contributed by atoms with Gasteiger partial charge in [-0.15, -0.1) is 0 Å². The summed E-state index contributed by atoms with van der Waals surface area (Å²) in [7, 11) is 0. The fraction of sp³-hybridized carbons (Fsp3) is 0. The van der Waals surface area contributed by atoms with E-state index in [4.69, 9.17) is 0 Å². The van der Waals surface area contributed by atoms with Gasteiger partial charge in [0.25, 0.3) is 0 Å². The Labute approximate surface area is 227 Å². The first kappa shape index (κ1) is 143. The third-order valence-corrected chi connectivity index (χ3v) is 0. The van der Waals surface area contributed by atoms with Crippen molar-refractivity contribution in [2.45, 2.75) is 0 Å². The Morgan fingerprint density at radius 1 is 0.154 bits per heavy atom. The van der Waals surface area contributed by atoms with Crippen molar-refractivity contribution in [3.05, 3.63) is 0 Å². The molecule has 0 aromatic carbocycles. The van der Waals surface area contributed by atoms with E-state index in [0.29, 0.717) is 0 Å². The van der Waals surface area contributed by atoms with Gasteiger partial charge in [0, 0.05) is 233 Å². The van der Waals surface area contributed by atoms with Gasteiger partial charge in [0.15, 0.2) is 0 Å². The minimum absolute atomic E-state index is 0. The molecule has 0 aliphatic carbocycles. The van der Waals surface area contributed by atoms with Gasteiger partial charge in [0.1, 0.15) is 0 Å². The second-order valence-corrected chi connectivity index (χ2v) is 0. The minimum atomic E-state index is 0. The van der Waals surface area contributed by atoms with E-state index in [1.807, 2.05) is 0 Å². The predicted molar refractivity (Wildman–Crippen MR) is 23.0 cm³/mol. The van der Waals surface area contributed by atoms with Crippen LogP contribution in [0.3, 0.4) is 0 Å². The summed E-state index contributed by atoms with van der Waals surface area (Å²) in [4.78, 5) is 0. The van der Waals surface area contributed by atoms with Crippen molar-refractivity contribution in [2.75, 3.05) is 0 Å². The molecule has 0 aromatic rings. The summed E-state index contributed by atoms with van der Waals surface area (Å²) in [6, 6.07) is 0. The molecule has 13 heavy (non-hydrogen) atoms. The van der Waals surface area contributed by atoms with E-state index in [1.54, 1.807) is 0 Å². The molecule has 0 atom stereocenters. The van der Waals surface area contributed by atoms with Gasteiger partial charge in [-0.05, 0) is 0 Å². The molecule has 111 valence electrons. The fourth-order valence-electron chi connectivity index (χ4n) is 0. The van der Waals surface area contributed by atoms with Gasteiger partial charge >= 0.3 is 0 Å². The molecular weight excluding hydrogens is 851 g/mol. The largest absolute Gasteiger partial charge is 0 e. The Morgan fingerprint density at radius 2 is 0.154 bits per heavy atom. The number of hydrogen-bond acceptors (Lipinski definition) is 0. The van der Waals surface area contributed by atoms with Crippen LogP contribution in [0.25, 0.3) is 0 Å². The van der Waals surface area contributed by atoms with Crippen molar-refractivity contribution >= 4 is 79.2 Å². The van der Waals surface area contributed by atoms with Crippen LogP contribution in [0, 0.1) is 0 Å². The molecule has 0 heterocycles. The number of rotatable bonds is 0. The molecule has 0 aromatic heterocycles. The molecule has 0 rings (SSSR count). The van der Waals surface area contributed by atoms with Crippen molar-refractivity contribution < 1.29 is 154 Å². The molecule has 0 saturated carbocycles. The molecule has 0 amide bonds.